The lowest BCUT2D eigenvalue weighted by Gasteiger charge is -2.15. The molecule has 1 aromatic carbocycles. The van der Waals surface area contributed by atoms with E-state index in [2.05, 4.69) is 33.5 Å². The maximum atomic E-state index is 12.1. The number of anilines is 1. The minimum atomic E-state index is 0.0381. The number of ether oxygens (including phenoxy) is 1. The number of benzene rings is 1. The lowest BCUT2D eigenvalue weighted by atomic mass is 9.95. The van der Waals surface area contributed by atoms with Crippen LogP contribution in [0.5, 0.6) is 5.75 Å². The highest BCUT2D eigenvalue weighted by Crippen LogP contribution is 2.37. The number of nitrogens with zero attached hydrogens (tertiary/aromatic N) is 4. The van der Waals surface area contributed by atoms with Gasteiger partial charge < -0.3 is 10.1 Å². The summed E-state index contributed by atoms with van der Waals surface area (Å²) in [6.45, 7) is 4.13. The van der Waals surface area contributed by atoms with Crippen LogP contribution >= 0.6 is 0 Å². The lowest BCUT2D eigenvalue weighted by Crippen LogP contribution is -2.14. The quantitative estimate of drug-likeness (QED) is 0.574. The Morgan fingerprint density at radius 2 is 2.07 bits per heavy atom. The SMILES string of the molecule is COc1ccc(C)c(-c2cc3cnc(NC(=O)C4CC4)cc3n3cnnc23)c1C. The fourth-order valence-corrected chi connectivity index (χ4v) is 3.88. The van der Waals surface area contributed by atoms with Crippen LogP contribution in [0.1, 0.15) is 24.0 Å². The number of carbonyl (C=O) groups is 1. The molecule has 0 unspecified atom stereocenters. The maximum absolute atomic E-state index is 12.1. The Balaban J connectivity index is 1.70. The highest BCUT2D eigenvalue weighted by Gasteiger charge is 2.29. The summed E-state index contributed by atoms with van der Waals surface area (Å²) in [7, 11) is 1.68. The number of methoxy groups -OCH3 is 1. The molecule has 7 nitrogen and oxygen atoms in total. The summed E-state index contributed by atoms with van der Waals surface area (Å²) < 4.78 is 7.47. The molecule has 7 heteroatoms. The molecule has 5 rings (SSSR count). The minimum absolute atomic E-state index is 0.0381. The predicted molar refractivity (Wildman–Crippen MR) is 111 cm³/mol. The van der Waals surface area contributed by atoms with Gasteiger partial charge in [0.15, 0.2) is 5.65 Å². The highest BCUT2D eigenvalue weighted by molar-refractivity contribution is 5.97. The number of hydrogen-bond donors (Lipinski definition) is 1. The van der Waals surface area contributed by atoms with Crippen LogP contribution in [0.3, 0.4) is 0 Å². The van der Waals surface area contributed by atoms with E-state index in [1.807, 2.05) is 29.5 Å². The molecule has 0 bridgehead atoms. The highest BCUT2D eigenvalue weighted by atomic mass is 16.5. The Morgan fingerprint density at radius 1 is 1.24 bits per heavy atom. The zero-order chi connectivity index (χ0) is 20.1. The van der Waals surface area contributed by atoms with Crippen molar-refractivity contribution in [3.05, 3.63) is 47.9 Å². The zero-order valence-corrected chi connectivity index (χ0v) is 16.6. The minimum Gasteiger partial charge on any atom is -0.496 e. The molecular formula is C22H21N5O2. The summed E-state index contributed by atoms with van der Waals surface area (Å²) in [4.78, 5) is 16.6. The van der Waals surface area contributed by atoms with E-state index < -0.39 is 0 Å². The van der Waals surface area contributed by atoms with Crippen molar-refractivity contribution in [3.8, 4) is 16.9 Å². The zero-order valence-electron chi connectivity index (χ0n) is 16.6. The molecule has 1 amide bonds. The second-order valence-electron chi connectivity index (χ2n) is 7.56. The first-order valence-corrected chi connectivity index (χ1v) is 9.64. The second-order valence-corrected chi connectivity index (χ2v) is 7.56. The van der Waals surface area contributed by atoms with Gasteiger partial charge in [-0.25, -0.2) is 4.98 Å². The van der Waals surface area contributed by atoms with E-state index >= 15 is 0 Å². The van der Waals surface area contributed by atoms with Gasteiger partial charge in [-0.15, -0.1) is 10.2 Å². The lowest BCUT2D eigenvalue weighted by molar-refractivity contribution is -0.117. The van der Waals surface area contributed by atoms with E-state index in [1.54, 1.807) is 19.6 Å². The van der Waals surface area contributed by atoms with Gasteiger partial charge in [0, 0.05) is 29.1 Å². The first-order valence-electron chi connectivity index (χ1n) is 9.64. The number of hydrogen-bond acceptors (Lipinski definition) is 5. The molecule has 0 spiro atoms. The smallest absolute Gasteiger partial charge is 0.228 e. The first kappa shape index (κ1) is 17.6. The van der Waals surface area contributed by atoms with E-state index in [0.717, 1.165) is 57.4 Å². The Hall–Kier alpha value is -3.48. The van der Waals surface area contributed by atoms with Gasteiger partial charge in [0.1, 0.15) is 17.9 Å². The van der Waals surface area contributed by atoms with Gasteiger partial charge in [0.25, 0.3) is 0 Å². The molecule has 1 fully saturated rings. The Morgan fingerprint density at radius 3 is 2.83 bits per heavy atom. The average Bonchev–Trinajstić information content (AvgIpc) is 3.45. The maximum Gasteiger partial charge on any atom is 0.228 e. The van der Waals surface area contributed by atoms with Gasteiger partial charge in [-0.1, -0.05) is 6.07 Å². The van der Waals surface area contributed by atoms with Gasteiger partial charge >= 0.3 is 0 Å². The molecule has 0 saturated heterocycles. The number of amides is 1. The normalized spacial score (nSPS) is 13.8. The summed E-state index contributed by atoms with van der Waals surface area (Å²) in [6, 6.07) is 7.98. The van der Waals surface area contributed by atoms with Gasteiger partial charge in [-0.3, -0.25) is 9.20 Å². The summed E-state index contributed by atoms with van der Waals surface area (Å²) in [5.41, 5.74) is 5.89. The molecule has 0 atom stereocenters. The van der Waals surface area contributed by atoms with Crippen molar-refractivity contribution >= 4 is 28.3 Å². The molecule has 1 aliphatic rings. The molecule has 4 aromatic rings. The van der Waals surface area contributed by atoms with E-state index in [1.165, 1.54) is 0 Å². The largest absolute Gasteiger partial charge is 0.496 e. The van der Waals surface area contributed by atoms with E-state index in [9.17, 15) is 4.79 Å². The molecule has 0 radical (unpaired) electrons. The number of carbonyl (C=O) groups excluding carboxylic acids is 1. The van der Waals surface area contributed by atoms with Crippen LogP contribution in [0.4, 0.5) is 5.82 Å². The molecule has 1 aliphatic carbocycles. The number of pyridine rings is 2. The summed E-state index contributed by atoms with van der Waals surface area (Å²) in [6.07, 6.45) is 5.39. The van der Waals surface area contributed by atoms with Crippen molar-refractivity contribution in [2.45, 2.75) is 26.7 Å². The first-order chi connectivity index (χ1) is 14.1. The summed E-state index contributed by atoms with van der Waals surface area (Å²) >= 11 is 0. The standard InChI is InChI=1S/C22H21N5O2/c1-12-4-7-18(29-3)13(2)20(12)16-8-15-10-23-19(25-22(28)14-5-6-14)9-17(15)27-11-24-26-21(16)27/h4,7-11,14H,5-6H2,1-3H3,(H,23,25,28). The van der Waals surface area contributed by atoms with Crippen LogP contribution in [0, 0.1) is 19.8 Å². The second kappa shape index (κ2) is 6.55. The molecule has 3 heterocycles. The monoisotopic (exact) mass is 387 g/mol. The number of aryl methyl sites for hydroxylation is 1. The van der Waals surface area contributed by atoms with Crippen LogP contribution in [0.2, 0.25) is 0 Å². The van der Waals surface area contributed by atoms with Gasteiger partial charge in [0.05, 0.1) is 12.6 Å². The van der Waals surface area contributed by atoms with Gasteiger partial charge in [0.2, 0.25) is 5.91 Å². The number of nitrogens with one attached hydrogen (secondary N) is 1. The number of fused-ring (bicyclic) bond motifs is 3. The van der Waals surface area contributed by atoms with Crippen LogP contribution in [-0.2, 0) is 4.79 Å². The third-order valence-corrected chi connectivity index (χ3v) is 5.57. The Bertz CT molecular complexity index is 1270. The Labute approximate surface area is 167 Å². The van der Waals surface area contributed by atoms with Crippen LogP contribution in [0.15, 0.2) is 36.8 Å². The molecule has 1 saturated carbocycles. The Kier molecular flexibility index (Phi) is 3.97. The fourth-order valence-electron chi connectivity index (χ4n) is 3.88. The van der Waals surface area contributed by atoms with Crippen molar-refractivity contribution in [2.24, 2.45) is 5.92 Å². The third-order valence-electron chi connectivity index (χ3n) is 5.57. The van der Waals surface area contributed by atoms with E-state index in [-0.39, 0.29) is 11.8 Å². The van der Waals surface area contributed by atoms with Crippen LogP contribution in [0.25, 0.3) is 27.7 Å². The summed E-state index contributed by atoms with van der Waals surface area (Å²) in [5, 5.41) is 12.4. The van der Waals surface area contributed by atoms with Gasteiger partial charge in [-0.05, 0) is 55.5 Å². The topological polar surface area (TPSA) is 81.4 Å². The summed E-state index contributed by atoms with van der Waals surface area (Å²) in [5.74, 6) is 1.55. The molecular weight excluding hydrogens is 366 g/mol. The molecule has 3 aromatic heterocycles. The molecule has 0 aliphatic heterocycles. The fraction of sp³-hybridized carbons (Fsp3) is 0.273. The van der Waals surface area contributed by atoms with Crippen molar-refractivity contribution in [3.63, 3.8) is 0 Å². The number of aromatic nitrogens is 4. The molecule has 29 heavy (non-hydrogen) atoms. The molecule has 146 valence electrons. The molecule has 1 N–H and O–H groups in total. The van der Waals surface area contributed by atoms with Crippen molar-refractivity contribution < 1.29 is 9.53 Å². The van der Waals surface area contributed by atoms with E-state index in [4.69, 9.17) is 4.74 Å². The van der Waals surface area contributed by atoms with Crippen LogP contribution < -0.4 is 10.1 Å². The van der Waals surface area contributed by atoms with Crippen molar-refractivity contribution in [1.82, 2.24) is 19.6 Å². The number of rotatable bonds is 4. The van der Waals surface area contributed by atoms with Crippen LogP contribution in [-0.4, -0.2) is 32.6 Å². The van der Waals surface area contributed by atoms with Crippen molar-refractivity contribution in [1.29, 1.82) is 0 Å². The van der Waals surface area contributed by atoms with E-state index in [0.29, 0.717) is 5.82 Å². The van der Waals surface area contributed by atoms with Crippen molar-refractivity contribution in [2.75, 3.05) is 12.4 Å². The predicted octanol–water partition coefficient (Wildman–Crippen LogP) is 3.92. The third kappa shape index (κ3) is 2.90. The average molecular weight is 387 g/mol. The van der Waals surface area contributed by atoms with Gasteiger partial charge in [-0.2, -0.15) is 0 Å².